The number of ether oxygens (including phenoxy) is 3. The Morgan fingerprint density at radius 1 is 0.909 bits per heavy atom. The second-order valence-corrected chi connectivity index (χ2v) is 7.98. The van der Waals surface area contributed by atoms with Crippen molar-refractivity contribution in [3.8, 4) is 17.2 Å². The molecule has 4 heteroatoms. The second-order valence-electron chi connectivity index (χ2n) is 7.98. The summed E-state index contributed by atoms with van der Waals surface area (Å²) in [6, 6.07) is 11.2. The summed E-state index contributed by atoms with van der Waals surface area (Å²) < 4.78 is 17.7. The number of carbonyl (C=O) groups excluding carboxylic acids is 1. The maximum Gasteiger partial charge on any atom is 0.185 e. The summed E-state index contributed by atoms with van der Waals surface area (Å²) in [7, 11) is 0. The van der Waals surface area contributed by atoms with Gasteiger partial charge in [0, 0.05) is 5.56 Å². The molecule has 0 saturated heterocycles. The van der Waals surface area contributed by atoms with Crippen LogP contribution in [0.5, 0.6) is 17.2 Å². The quantitative estimate of drug-likeness (QED) is 0.115. The summed E-state index contributed by atoms with van der Waals surface area (Å²) in [5, 5.41) is 0. The molecule has 178 valence electrons. The first kappa shape index (κ1) is 26.2. The molecule has 0 aromatic heterocycles. The third-order valence-electron chi connectivity index (χ3n) is 5.11. The Labute approximate surface area is 199 Å². The molecular formula is C29H38O4. The Morgan fingerprint density at radius 3 is 2.24 bits per heavy atom. The number of allylic oxidation sites excluding steroid dienone is 1. The van der Waals surface area contributed by atoms with Crippen LogP contribution in [0, 0.1) is 0 Å². The monoisotopic (exact) mass is 450 g/mol. The molecule has 4 nitrogen and oxygen atoms in total. The molecule has 0 aliphatic carbocycles. The minimum atomic E-state index is -0.0564. The SMILES string of the molecule is C=CCOc1ccc(C(=O)C=Cc2cc(CCC)c(OCCCC)c(OCCCC)c2)cc1. The fraction of sp³-hybridized carbons (Fsp3) is 0.414. The Kier molecular flexibility index (Phi) is 11.9. The van der Waals surface area contributed by atoms with E-state index < -0.39 is 0 Å². The van der Waals surface area contributed by atoms with E-state index in [4.69, 9.17) is 14.2 Å². The van der Waals surface area contributed by atoms with E-state index in [1.54, 1.807) is 36.4 Å². The van der Waals surface area contributed by atoms with Crippen molar-refractivity contribution < 1.29 is 19.0 Å². The molecule has 0 aliphatic rings. The van der Waals surface area contributed by atoms with Gasteiger partial charge in [0.05, 0.1) is 13.2 Å². The molecule has 0 spiro atoms. The third kappa shape index (κ3) is 8.80. The second kappa shape index (κ2) is 14.9. The van der Waals surface area contributed by atoms with Crippen LogP contribution in [0.2, 0.25) is 0 Å². The standard InChI is InChI=1S/C29H38O4/c1-5-9-19-32-28-22-23(21-25(11-7-3)29(28)33-20-10-6-2)12-17-27(30)24-13-15-26(16-14-24)31-18-8-4/h8,12-17,21-22H,4-7,9-11,18-20H2,1-3H3. The lowest BCUT2D eigenvalue weighted by Gasteiger charge is -2.17. The van der Waals surface area contributed by atoms with Gasteiger partial charge in [0.15, 0.2) is 17.3 Å². The smallest absolute Gasteiger partial charge is 0.185 e. The van der Waals surface area contributed by atoms with E-state index in [-0.39, 0.29) is 5.78 Å². The number of hydrogen-bond donors (Lipinski definition) is 0. The van der Waals surface area contributed by atoms with Gasteiger partial charge in [0.2, 0.25) is 0 Å². The molecule has 0 fully saturated rings. The minimum absolute atomic E-state index is 0.0564. The van der Waals surface area contributed by atoms with Crippen LogP contribution in [-0.2, 0) is 6.42 Å². The summed E-state index contributed by atoms with van der Waals surface area (Å²) in [5.74, 6) is 2.27. The van der Waals surface area contributed by atoms with Gasteiger partial charge in [0.1, 0.15) is 12.4 Å². The molecule has 0 aliphatic heterocycles. The third-order valence-corrected chi connectivity index (χ3v) is 5.11. The first-order valence-corrected chi connectivity index (χ1v) is 12.1. The van der Waals surface area contributed by atoms with E-state index in [2.05, 4.69) is 33.4 Å². The summed E-state index contributed by atoms with van der Waals surface area (Å²) in [6.07, 6.45) is 11.2. The van der Waals surface area contributed by atoms with Gasteiger partial charge >= 0.3 is 0 Å². The van der Waals surface area contributed by atoms with E-state index >= 15 is 0 Å². The van der Waals surface area contributed by atoms with Crippen molar-refractivity contribution in [2.45, 2.75) is 59.3 Å². The molecule has 2 rings (SSSR count). The van der Waals surface area contributed by atoms with Crippen LogP contribution in [0.4, 0.5) is 0 Å². The van der Waals surface area contributed by atoms with E-state index in [9.17, 15) is 4.79 Å². The number of rotatable bonds is 16. The van der Waals surface area contributed by atoms with Gasteiger partial charge in [-0.3, -0.25) is 4.79 Å². The summed E-state index contributed by atoms with van der Waals surface area (Å²) >= 11 is 0. The van der Waals surface area contributed by atoms with Crippen LogP contribution < -0.4 is 14.2 Å². The zero-order valence-corrected chi connectivity index (χ0v) is 20.4. The molecule has 0 unspecified atom stereocenters. The van der Waals surface area contributed by atoms with E-state index in [1.807, 2.05) is 12.1 Å². The Balaban J connectivity index is 2.24. The van der Waals surface area contributed by atoms with Crippen LogP contribution in [0.25, 0.3) is 6.08 Å². The Bertz CT molecular complexity index is 897. The van der Waals surface area contributed by atoms with Crippen molar-refractivity contribution in [3.05, 3.63) is 71.8 Å². The maximum absolute atomic E-state index is 12.7. The fourth-order valence-corrected chi connectivity index (χ4v) is 3.29. The molecule has 0 bridgehead atoms. The lowest BCUT2D eigenvalue weighted by molar-refractivity contribution is 0.104. The number of aryl methyl sites for hydroxylation is 1. The normalized spacial score (nSPS) is 10.9. The largest absolute Gasteiger partial charge is 0.490 e. The molecule has 33 heavy (non-hydrogen) atoms. The highest BCUT2D eigenvalue weighted by Gasteiger charge is 2.13. The van der Waals surface area contributed by atoms with Crippen molar-refractivity contribution in [2.75, 3.05) is 19.8 Å². The molecule has 2 aromatic carbocycles. The van der Waals surface area contributed by atoms with Crippen LogP contribution in [-0.4, -0.2) is 25.6 Å². The van der Waals surface area contributed by atoms with Gasteiger partial charge in [0.25, 0.3) is 0 Å². The highest BCUT2D eigenvalue weighted by Crippen LogP contribution is 2.35. The van der Waals surface area contributed by atoms with Gasteiger partial charge in [-0.15, -0.1) is 0 Å². The van der Waals surface area contributed by atoms with Crippen molar-refractivity contribution in [2.24, 2.45) is 0 Å². The summed E-state index contributed by atoms with van der Waals surface area (Å²) in [4.78, 5) is 12.7. The molecular weight excluding hydrogens is 412 g/mol. The van der Waals surface area contributed by atoms with Crippen molar-refractivity contribution in [1.29, 1.82) is 0 Å². The number of unbranched alkanes of at least 4 members (excludes halogenated alkanes) is 2. The Morgan fingerprint density at radius 2 is 1.61 bits per heavy atom. The zero-order chi connectivity index (χ0) is 23.9. The molecule has 0 heterocycles. The topological polar surface area (TPSA) is 44.8 Å². The molecule has 0 saturated carbocycles. The van der Waals surface area contributed by atoms with Crippen LogP contribution in [0.3, 0.4) is 0 Å². The van der Waals surface area contributed by atoms with Crippen molar-refractivity contribution in [3.63, 3.8) is 0 Å². The summed E-state index contributed by atoms with van der Waals surface area (Å²) in [5.41, 5.74) is 2.68. The van der Waals surface area contributed by atoms with Crippen LogP contribution >= 0.6 is 0 Å². The van der Waals surface area contributed by atoms with E-state index in [0.717, 1.165) is 61.2 Å². The number of hydrogen-bond acceptors (Lipinski definition) is 4. The van der Waals surface area contributed by atoms with Crippen molar-refractivity contribution in [1.82, 2.24) is 0 Å². The molecule has 0 radical (unpaired) electrons. The fourth-order valence-electron chi connectivity index (χ4n) is 3.29. The Hall–Kier alpha value is -3.01. The summed E-state index contributed by atoms with van der Waals surface area (Å²) in [6.45, 7) is 11.9. The average Bonchev–Trinajstić information content (AvgIpc) is 2.83. The zero-order valence-electron chi connectivity index (χ0n) is 20.4. The molecule has 0 atom stereocenters. The predicted molar refractivity (Wildman–Crippen MR) is 137 cm³/mol. The van der Waals surface area contributed by atoms with Crippen molar-refractivity contribution >= 4 is 11.9 Å². The molecule has 0 N–H and O–H groups in total. The molecule has 0 amide bonds. The average molecular weight is 451 g/mol. The van der Waals surface area contributed by atoms with Crippen LogP contribution in [0.1, 0.15) is 74.4 Å². The predicted octanol–water partition coefficient (Wildman–Crippen LogP) is 7.46. The van der Waals surface area contributed by atoms with E-state index in [0.29, 0.717) is 31.1 Å². The first-order chi connectivity index (χ1) is 16.1. The van der Waals surface area contributed by atoms with Gasteiger partial charge in [-0.1, -0.05) is 58.8 Å². The van der Waals surface area contributed by atoms with Gasteiger partial charge in [-0.05, 0) is 72.9 Å². The van der Waals surface area contributed by atoms with Gasteiger partial charge < -0.3 is 14.2 Å². The minimum Gasteiger partial charge on any atom is -0.490 e. The first-order valence-electron chi connectivity index (χ1n) is 12.1. The lowest BCUT2D eigenvalue weighted by Crippen LogP contribution is -2.05. The molecule has 2 aromatic rings. The van der Waals surface area contributed by atoms with E-state index in [1.165, 1.54) is 0 Å². The highest BCUT2D eigenvalue weighted by molar-refractivity contribution is 6.06. The number of ketones is 1. The number of benzene rings is 2. The van der Waals surface area contributed by atoms with Crippen LogP contribution in [0.15, 0.2) is 55.1 Å². The highest BCUT2D eigenvalue weighted by atomic mass is 16.5. The number of carbonyl (C=O) groups is 1. The van der Waals surface area contributed by atoms with Gasteiger partial charge in [-0.25, -0.2) is 0 Å². The maximum atomic E-state index is 12.7. The van der Waals surface area contributed by atoms with Gasteiger partial charge in [-0.2, -0.15) is 0 Å². The lowest BCUT2D eigenvalue weighted by atomic mass is 10.0.